The molecular weight excluding hydrogens is 669 g/mol. The smallest absolute Gasteiger partial charge is 0.0972 e. The first kappa shape index (κ1) is 29.5. The summed E-state index contributed by atoms with van der Waals surface area (Å²) in [7, 11) is 0. The second-order valence-electron chi connectivity index (χ2n) is 13.3. The van der Waals surface area contributed by atoms with Crippen LogP contribution in [0.1, 0.15) is 0 Å². The molecule has 0 aliphatic heterocycles. The molecule has 52 heavy (non-hydrogen) atoms. The van der Waals surface area contributed by atoms with Crippen molar-refractivity contribution >= 4 is 84.8 Å². The summed E-state index contributed by atoms with van der Waals surface area (Å²) in [4.78, 5) is 10.4. The van der Waals surface area contributed by atoms with Crippen LogP contribution >= 0.6 is 22.7 Å². The average molecular weight is 697 g/mol. The number of hydrogen-bond donors (Lipinski definition) is 0. The molecule has 0 bridgehead atoms. The summed E-state index contributed by atoms with van der Waals surface area (Å²) in [6.07, 6.45) is 0. The third-order valence-electron chi connectivity index (χ3n) is 10.3. The molecule has 4 heteroatoms. The molecule has 0 radical (unpaired) electrons. The first-order valence-electron chi connectivity index (χ1n) is 17.5. The first-order valence-corrected chi connectivity index (χ1v) is 19.1. The van der Waals surface area contributed by atoms with E-state index >= 15 is 0 Å². The van der Waals surface area contributed by atoms with Crippen molar-refractivity contribution in [3.63, 3.8) is 0 Å². The monoisotopic (exact) mass is 696 g/mol. The van der Waals surface area contributed by atoms with E-state index in [2.05, 4.69) is 170 Å². The molecule has 11 rings (SSSR count). The molecule has 0 N–H and O–H groups in total. The maximum absolute atomic E-state index is 5.23. The highest BCUT2D eigenvalue weighted by Gasteiger charge is 2.13. The topological polar surface area (TPSA) is 25.8 Å². The van der Waals surface area contributed by atoms with Crippen LogP contribution in [0.5, 0.6) is 0 Å². The number of benzene rings is 7. The maximum atomic E-state index is 5.23. The van der Waals surface area contributed by atoms with Gasteiger partial charge in [-0.1, -0.05) is 133 Å². The van der Waals surface area contributed by atoms with Gasteiger partial charge in [-0.25, -0.2) is 9.97 Å². The maximum Gasteiger partial charge on any atom is 0.0972 e. The van der Waals surface area contributed by atoms with E-state index in [1.54, 1.807) is 0 Å². The Hall–Kier alpha value is -6.20. The molecule has 7 aromatic carbocycles. The Balaban J connectivity index is 0.934. The van der Waals surface area contributed by atoms with Gasteiger partial charge in [0, 0.05) is 62.2 Å². The Bertz CT molecular complexity index is 3170. The molecule has 0 unspecified atom stereocenters. The molecular formula is C48H28N2S2. The van der Waals surface area contributed by atoms with Gasteiger partial charge in [0.2, 0.25) is 0 Å². The Labute approximate surface area is 307 Å². The Kier molecular flexibility index (Phi) is 6.63. The third kappa shape index (κ3) is 4.76. The van der Waals surface area contributed by atoms with Gasteiger partial charge < -0.3 is 0 Å². The minimum absolute atomic E-state index is 0.920. The van der Waals surface area contributed by atoms with E-state index in [1.165, 1.54) is 62.6 Å². The fourth-order valence-corrected chi connectivity index (χ4v) is 9.95. The zero-order valence-electron chi connectivity index (χ0n) is 27.9. The summed E-state index contributed by atoms with van der Waals surface area (Å²) in [5, 5.41) is 7.45. The lowest BCUT2D eigenvalue weighted by molar-refractivity contribution is 1.36. The summed E-state index contributed by atoms with van der Waals surface area (Å²) >= 11 is 3.72. The number of nitrogens with zero attached hydrogens (tertiary/aromatic N) is 2. The standard InChI is InChI=1S/C48H28N2S2/c1-4-11-44-37(6-1)39-9-5-8-36(48(39)52-44)30-14-18-32(19-15-30)42-26-23-34-21-20-33-22-25-41(49-46(33)47(34)50-42)31-16-12-29(13-17-31)35-24-27-45-40(28-35)38-7-2-3-10-43(38)51-45/h1-28H. The molecule has 11 aromatic rings. The van der Waals surface area contributed by atoms with Gasteiger partial charge in [0.1, 0.15) is 0 Å². The quantitative estimate of drug-likeness (QED) is 0.171. The van der Waals surface area contributed by atoms with Crippen LogP contribution in [0.15, 0.2) is 170 Å². The predicted octanol–water partition coefficient (Wildman–Crippen LogP) is 14.2. The normalized spacial score (nSPS) is 11.8. The van der Waals surface area contributed by atoms with Gasteiger partial charge in [-0.05, 0) is 58.7 Å². The van der Waals surface area contributed by atoms with Gasteiger partial charge in [0.15, 0.2) is 0 Å². The highest BCUT2D eigenvalue weighted by Crippen LogP contribution is 2.41. The summed E-state index contributed by atoms with van der Waals surface area (Å²) in [6.45, 7) is 0. The van der Waals surface area contributed by atoms with Crippen molar-refractivity contribution in [3.05, 3.63) is 170 Å². The van der Waals surface area contributed by atoms with Crippen LogP contribution in [-0.2, 0) is 0 Å². The van der Waals surface area contributed by atoms with E-state index in [4.69, 9.17) is 9.97 Å². The minimum Gasteiger partial charge on any atom is -0.245 e. The molecule has 2 nitrogen and oxygen atoms in total. The second kappa shape index (κ2) is 11.7. The SMILES string of the molecule is c1ccc2c(c1)sc1ccc(-c3ccc(-c4ccc5ccc6ccc(-c7ccc(-c8cccc9c8sc8ccccc89)cc7)nc6c5n4)cc3)cc12. The number of aromatic nitrogens is 2. The van der Waals surface area contributed by atoms with Gasteiger partial charge >= 0.3 is 0 Å². The van der Waals surface area contributed by atoms with Crippen molar-refractivity contribution in [1.29, 1.82) is 0 Å². The molecule has 0 saturated carbocycles. The van der Waals surface area contributed by atoms with Crippen LogP contribution in [0, 0.1) is 0 Å². The lowest BCUT2D eigenvalue weighted by Crippen LogP contribution is -1.91. The highest BCUT2D eigenvalue weighted by molar-refractivity contribution is 7.26. The van der Waals surface area contributed by atoms with Crippen molar-refractivity contribution < 1.29 is 0 Å². The summed E-state index contributed by atoms with van der Waals surface area (Å²) < 4.78 is 5.31. The Morgan fingerprint density at radius 3 is 1.50 bits per heavy atom. The van der Waals surface area contributed by atoms with Crippen LogP contribution in [-0.4, -0.2) is 9.97 Å². The van der Waals surface area contributed by atoms with Crippen LogP contribution in [0.2, 0.25) is 0 Å². The summed E-state index contributed by atoms with van der Waals surface area (Å²) in [6, 6.07) is 61.3. The van der Waals surface area contributed by atoms with Gasteiger partial charge in [0.05, 0.1) is 22.4 Å². The molecule has 0 saturated heterocycles. The number of hydrogen-bond acceptors (Lipinski definition) is 4. The molecule has 0 spiro atoms. The minimum atomic E-state index is 0.920. The van der Waals surface area contributed by atoms with Crippen molar-refractivity contribution in [2.75, 3.05) is 0 Å². The molecule has 0 amide bonds. The number of rotatable bonds is 4. The number of fused-ring (bicyclic) bond motifs is 9. The van der Waals surface area contributed by atoms with E-state index in [0.717, 1.165) is 44.3 Å². The van der Waals surface area contributed by atoms with E-state index in [0.29, 0.717) is 0 Å². The van der Waals surface area contributed by atoms with E-state index < -0.39 is 0 Å². The largest absolute Gasteiger partial charge is 0.245 e. The lowest BCUT2D eigenvalue weighted by atomic mass is 10.00. The zero-order chi connectivity index (χ0) is 34.2. The zero-order valence-corrected chi connectivity index (χ0v) is 29.5. The van der Waals surface area contributed by atoms with Crippen LogP contribution < -0.4 is 0 Å². The molecule has 0 aliphatic carbocycles. The van der Waals surface area contributed by atoms with Crippen molar-refractivity contribution in [2.24, 2.45) is 0 Å². The molecule has 4 aromatic heterocycles. The summed E-state index contributed by atoms with van der Waals surface area (Å²) in [5.41, 5.74) is 10.8. The predicted molar refractivity (Wildman–Crippen MR) is 225 cm³/mol. The fourth-order valence-electron chi connectivity index (χ4n) is 7.62. The third-order valence-corrected chi connectivity index (χ3v) is 12.7. The second-order valence-corrected chi connectivity index (χ2v) is 15.5. The van der Waals surface area contributed by atoms with Gasteiger partial charge in [0.25, 0.3) is 0 Å². The Morgan fingerprint density at radius 1 is 0.327 bits per heavy atom. The van der Waals surface area contributed by atoms with Crippen LogP contribution in [0.25, 0.3) is 107 Å². The molecule has 0 atom stereocenters. The van der Waals surface area contributed by atoms with Crippen molar-refractivity contribution in [2.45, 2.75) is 0 Å². The first-order chi connectivity index (χ1) is 25.7. The van der Waals surface area contributed by atoms with E-state index in [-0.39, 0.29) is 0 Å². The number of thiophene rings is 2. The van der Waals surface area contributed by atoms with Gasteiger partial charge in [-0.3, -0.25) is 0 Å². The average Bonchev–Trinajstić information content (AvgIpc) is 3.79. The van der Waals surface area contributed by atoms with Gasteiger partial charge in [-0.15, -0.1) is 22.7 Å². The molecule has 0 aliphatic rings. The van der Waals surface area contributed by atoms with Crippen LogP contribution in [0.4, 0.5) is 0 Å². The van der Waals surface area contributed by atoms with E-state index in [1.807, 2.05) is 22.7 Å². The van der Waals surface area contributed by atoms with Crippen molar-refractivity contribution in [3.8, 4) is 44.8 Å². The Morgan fingerprint density at radius 2 is 0.827 bits per heavy atom. The summed E-state index contributed by atoms with van der Waals surface area (Å²) in [5.74, 6) is 0. The number of pyridine rings is 2. The highest BCUT2D eigenvalue weighted by atomic mass is 32.1. The lowest BCUT2D eigenvalue weighted by Gasteiger charge is -2.10. The molecule has 0 fully saturated rings. The van der Waals surface area contributed by atoms with E-state index in [9.17, 15) is 0 Å². The molecule has 242 valence electrons. The molecule has 4 heterocycles. The van der Waals surface area contributed by atoms with Crippen LogP contribution in [0.3, 0.4) is 0 Å². The fraction of sp³-hybridized carbons (Fsp3) is 0. The van der Waals surface area contributed by atoms with Gasteiger partial charge in [-0.2, -0.15) is 0 Å². The van der Waals surface area contributed by atoms with Crippen molar-refractivity contribution in [1.82, 2.24) is 9.97 Å².